The molecular weight excluding hydrogens is 441 g/mol. The first-order chi connectivity index (χ1) is 16.4. The number of aliphatic hydroxyl groups is 1. The highest BCUT2D eigenvalue weighted by Gasteiger charge is 2.47. The number of ketones is 1. The summed E-state index contributed by atoms with van der Waals surface area (Å²) in [5.41, 5.74) is -0.0595. The molecule has 4 aromatic rings. The minimum absolute atomic E-state index is 0.0152. The number of hydrogen-bond donors (Lipinski definition) is 2. The number of anilines is 1. The predicted octanol–water partition coefficient (Wildman–Crippen LogP) is 5.07. The van der Waals surface area contributed by atoms with Crippen LogP contribution in [0, 0.1) is 5.82 Å². The second-order valence-corrected chi connectivity index (χ2v) is 7.67. The number of para-hydroxylation sites is 3. The van der Waals surface area contributed by atoms with Crippen molar-refractivity contribution in [1.82, 2.24) is 0 Å². The summed E-state index contributed by atoms with van der Waals surface area (Å²) in [6.45, 7) is 0. The number of aliphatic hydroxyl groups excluding tert-OH is 1. The van der Waals surface area contributed by atoms with Crippen molar-refractivity contribution in [1.29, 1.82) is 0 Å². The van der Waals surface area contributed by atoms with Gasteiger partial charge in [0.25, 0.3) is 5.91 Å². The minimum Gasteiger partial charge on any atom is -0.506 e. The zero-order chi connectivity index (χ0) is 24.0. The highest BCUT2D eigenvalue weighted by molar-refractivity contribution is 6.21. The number of carbonyl (C=O) groups excluding carboxylic acids is 2. The number of phenols is 1. The molecule has 1 aliphatic rings. The largest absolute Gasteiger partial charge is 0.506 e. The van der Waals surface area contributed by atoms with Gasteiger partial charge in [0.1, 0.15) is 11.6 Å². The van der Waals surface area contributed by atoms with Gasteiger partial charge in [-0.15, -0.1) is 0 Å². The summed E-state index contributed by atoms with van der Waals surface area (Å²) in [5.74, 6) is -3.32. The zero-order valence-corrected chi connectivity index (χ0v) is 17.9. The molecule has 0 radical (unpaired) electrons. The Morgan fingerprint density at radius 1 is 1.03 bits per heavy atom. The number of hydrogen-bond acceptors (Lipinski definition) is 6. The van der Waals surface area contributed by atoms with Crippen molar-refractivity contribution in [2.45, 2.75) is 6.04 Å². The fourth-order valence-electron chi connectivity index (χ4n) is 4.19. The molecule has 0 fully saturated rings. The number of amides is 1. The number of halogens is 1. The van der Waals surface area contributed by atoms with Crippen molar-refractivity contribution in [3.8, 4) is 11.5 Å². The molecule has 2 heterocycles. The Balaban J connectivity index is 1.70. The van der Waals surface area contributed by atoms with Crippen molar-refractivity contribution < 1.29 is 33.3 Å². The van der Waals surface area contributed by atoms with Gasteiger partial charge in [0.05, 0.1) is 24.4 Å². The third-order valence-corrected chi connectivity index (χ3v) is 5.75. The predicted molar refractivity (Wildman–Crippen MR) is 121 cm³/mol. The van der Waals surface area contributed by atoms with Gasteiger partial charge in [-0.05, 0) is 30.3 Å². The summed E-state index contributed by atoms with van der Waals surface area (Å²) in [4.78, 5) is 27.8. The number of methoxy groups -OCH3 is 1. The molecular formula is C26H18FNO6. The van der Waals surface area contributed by atoms with E-state index in [1.165, 1.54) is 43.5 Å². The van der Waals surface area contributed by atoms with Crippen LogP contribution >= 0.6 is 0 Å². The molecule has 5 rings (SSSR count). The summed E-state index contributed by atoms with van der Waals surface area (Å²) in [7, 11) is 1.46. The molecule has 170 valence electrons. The molecule has 0 saturated carbocycles. The van der Waals surface area contributed by atoms with Crippen LogP contribution in [0.4, 0.5) is 10.1 Å². The number of fused-ring (bicyclic) bond motifs is 1. The van der Waals surface area contributed by atoms with E-state index < -0.39 is 29.3 Å². The summed E-state index contributed by atoms with van der Waals surface area (Å²) in [6.07, 6.45) is 0. The van der Waals surface area contributed by atoms with Crippen molar-refractivity contribution in [2.24, 2.45) is 0 Å². The topological polar surface area (TPSA) is 100 Å². The van der Waals surface area contributed by atoms with Gasteiger partial charge in [-0.3, -0.25) is 14.5 Å². The van der Waals surface area contributed by atoms with E-state index in [2.05, 4.69) is 0 Å². The third kappa shape index (κ3) is 3.19. The average molecular weight is 459 g/mol. The van der Waals surface area contributed by atoms with Gasteiger partial charge in [0.15, 0.2) is 22.9 Å². The van der Waals surface area contributed by atoms with Crippen molar-refractivity contribution in [3.05, 3.63) is 101 Å². The summed E-state index contributed by atoms with van der Waals surface area (Å²) in [6, 6.07) is 16.8. The van der Waals surface area contributed by atoms with Crippen LogP contribution in [0.5, 0.6) is 11.5 Å². The summed E-state index contributed by atoms with van der Waals surface area (Å²) >= 11 is 0. The van der Waals surface area contributed by atoms with E-state index in [1.54, 1.807) is 36.4 Å². The van der Waals surface area contributed by atoms with Gasteiger partial charge < -0.3 is 19.4 Å². The molecule has 8 heteroatoms. The molecule has 0 spiro atoms. The van der Waals surface area contributed by atoms with Gasteiger partial charge >= 0.3 is 0 Å². The lowest BCUT2D eigenvalue weighted by molar-refractivity contribution is -0.117. The van der Waals surface area contributed by atoms with E-state index >= 15 is 0 Å². The maximum atomic E-state index is 14.9. The van der Waals surface area contributed by atoms with E-state index in [0.29, 0.717) is 16.7 Å². The minimum atomic E-state index is -1.34. The van der Waals surface area contributed by atoms with Crippen LogP contribution in [0.15, 0.2) is 88.5 Å². The molecule has 2 N–H and O–H groups in total. The van der Waals surface area contributed by atoms with Crippen molar-refractivity contribution in [3.63, 3.8) is 0 Å². The van der Waals surface area contributed by atoms with Crippen LogP contribution in [0.1, 0.15) is 22.2 Å². The van der Waals surface area contributed by atoms with Crippen LogP contribution < -0.4 is 9.64 Å². The van der Waals surface area contributed by atoms with E-state index in [1.807, 2.05) is 0 Å². The quantitative estimate of drug-likeness (QED) is 0.404. The summed E-state index contributed by atoms with van der Waals surface area (Å²) < 4.78 is 25.9. The number of phenolic OH excluding ortho intramolecular Hbond substituents is 1. The van der Waals surface area contributed by atoms with E-state index in [4.69, 9.17) is 9.15 Å². The Labute approximate surface area is 192 Å². The van der Waals surface area contributed by atoms with Crippen molar-refractivity contribution >= 4 is 28.3 Å². The Kier molecular flexibility index (Phi) is 5.05. The molecule has 0 bridgehead atoms. The lowest BCUT2D eigenvalue weighted by Crippen LogP contribution is -2.31. The number of furan rings is 1. The van der Waals surface area contributed by atoms with E-state index in [0.717, 1.165) is 4.90 Å². The molecule has 1 unspecified atom stereocenters. The first kappa shape index (κ1) is 21.3. The molecule has 0 saturated heterocycles. The molecule has 0 aliphatic carbocycles. The number of Topliss-reactive ketones (excluding diaryl/α,β-unsaturated/α-hetero) is 1. The van der Waals surface area contributed by atoms with E-state index in [-0.39, 0.29) is 28.3 Å². The van der Waals surface area contributed by atoms with Gasteiger partial charge in [-0.2, -0.15) is 0 Å². The Hall–Kier alpha value is -4.59. The normalized spacial score (nSPS) is 15.9. The van der Waals surface area contributed by atoms with Crippen LogP contribution in [0.3, 0.4) is 0 Å². The molecule has 1 atom stereocenters. The van der Waals surface area contributed by atoms with Gasteiger partial charge in [0.2, 0.25) is 5.78 Å². The maximum absolute atomic E-state index is 14.9. The highest BCUT2D eigenvalue weighted by Crippen LogP contribution is 2.45. The number of carbonyl (C=O) groups is 2. The zero-order valence-electron chi connectivity index (χ0n) is 17.9. The lowest BCUT2D eigenvalue weighted by Gasteiger charge is -2.27. The standard InChI is InChI=1S/C26H18FNO6/c1-33-19-12-6-7-14-13-20(34-25(14)19)23(30)21-22(15-8-2-3-9-16(15)27)28(26(32)24(21)31)17-10-4-5-11-18(17)29/h2-13,22,29,31H,1H3. The van der Waals surface area contributed by atoms with Crippen LogP contribution in [0.2, 0.25) is 0 Å². The molecule has 34 heavy (non-hydrogen) atoms. The van der Waals surface area contributed by atoms with Crippen molar-refractivity contribution in [2.75, 3.05) is 12.0 Å². The lowest BCUT2D eigenvalue weighted by atomic mass is 9.94. The first-order valence-corrected chi connectivity index (χ1v) is 10.3. The van der Waals surface area contributed by atoms with Gasteiger partial charge in [0, 0.05) is 10.9 Å². The Morgan fingerprint density at radius 2 is 1.76 bits per heavy atom. The maximum Gasteiger partial charge on any atom is 0.294 e. The molecule has 7 nitrogen and oxygen atoms in total. The monoisotopic (exact) mass is 459 g/mol. The number of aromatic hydroxyl groups is 1. The molecule has 3 aromatic carbocycles. The number of nitrogens with zero attached hydrogens (tertiary/aromatic N) is 1. The SMILES string of the molecule is COc1cccc2cc(C(=O)C3=C(O)C(=O)N(c4ccccc4O)C3c3ccccc3F)oc12. The third-order valence-electron chi connectivity index (χ3n) is 5.75. The summed E-state index contributed by atoms with van der Waals surface area (Å²) in [5, 5.41) is 21.8. The van der Waals surface area contributed by atoms with Crippen LogP contribution in [-0.4, -0.2) is 29.0 Å². The first-order valence-electron chi connectivity index (χ1n) is 10.3. The second-order valence-electron chi connectivity index (χ2n) is 7.67. The second kappa shape index (κ2) is 8.08. The van der Waals surface area contributed by atoms with Gasteiger partial charge in [-0.1, -0.05) is 42.5 Å². The fraction of sp³-hybridized carbons (Fsp3) is 0.0769. The molecule has 1 aliphatic heterocycles. The van der Waals surface area contributed by atoms with E-state index in [9.17, 15) is 24.2 Å². The van der Waals surface area contributed by atoms with Gasteiger partial charge in [-0.25, -0.2) is 4.39 Å². The molecule has 1 amide bonds. The highest BCUT2D eigenvalue weighted by atomic mass is 19.1. The van der Waals surface area contributed by atoms with Crippen LogP contribution in [0.25, 0.3) is 11.0 Å². The Morgan fingerprint density at radius 3 is 2.50 bits per heavy atom. The number of rotatable bonds is 5. The molecule has 1 aromatic heterocycles. The Bertz CT molecular complexity index is 1490. The number of ether oxygens (including phenoxy) is 1. The smallest absolute Gasteiger partial charge is 0.294 e. The van der Waals surface area contributed by atoms with Crippen LogP contribution in [-0.2, 0) is 4.79 Å². The average Bonchev–Trinajstić information content (AvgIpc) is 3.39. The number of benzene rings is 3. The fourth-order valence-corrected chi connectivity index (χ4v) is 4.19.